The van der Waals surface area contributed by atoms with Crippen LogP contribution in [0.2, 0.25) is 0 Å². The molecule has 0 atom stereocenters. The summed E-state index contributed by atoms with van der Waals surface area (Å²) in [6.45, 7) is 6.61. The van der Waals surface area contributed by atoms with Crippen LogP contribution in [0.3, 0.4) is 0 Å². The zero-order valence-electron chi connectivity index (χ0n) is 18.7. The van der Waals surface area contributed by atoms with Crippen molar-refractivity contribution in [1.82, 2.24) is 19.2 Å². The number of hydrogen-bond acceptors (Lipinski definition) is 5. The standard InChI is InChI=1S/C25H30N4O3/c1-3-16-32-22-9-7-20(17-23(22)31-2)8-10-25(30)28-14-12-27(13-15-28)18-21-19-29-11-5-4-6-24(29)26-21/h4-11,17,19H,3,12-16,18H2,1-2H3/b10-8+. The van der Waals surface area contributed by atoms with Gasteiger partial charge < -0.3 is 18.8 Å². The first kappa shape index (κ1) is 21.9. The number of amides is 1. The van der Waals surface area contributed by atoms with Crippen LogP contribution >= 0.6 is 0 Å². The predicted molar refractivity (Wildman–Crippen MR) is 125 cm³/mol. The Balaban J connectivity index is 1.30. The van der Waals surface area contributed by atoms with Gasteiger partial charge in [0.25, 0.3) is 0 Å². The highest BCUT2D eigenvalue weighted by Crippen LogP contribution is 2.28. The first-order valence-electron chi connectivity index (χ1n) is 11.1. The van der Waals surface area contributed by atoms with E-state index < -0.39 is 0 Å². The zero-order chi connectivity index (χ0) is 22.3. The Morgan fingerprint density at radius 3 is 2.72 bits per heavy atom. The quantitative estimate of drug-likeness (QED) is 0.508. The lowest BCUT2D eigenvalue weighted by Crippen LogP contribution is -2.47. The van der Waals surface area contributed by atoms with Crippen LogP contribution in [0.25, 0.3) is 11.7 Å². The molecule has 2 aromatic heterocycles. The molecule has 0 N–H and O–H groups in total. The van der Waals surface area contributed by atoms with Gasteiger partial charge in [0.05, 0.1) is 19.4 Å². The summed E-state index contributed by atoms with van der Waals surface area (Å²) in [6.07, 6.45) is 8.49. The van der Waals surface area contributed by atoms with E-state index in [1.165, 1.54) is 0 Å². The molecular formula is C25H30N4O3. The van der Waals surface area contributed by atoms with Gasteiger partial charge in [-0.05, 0) is 42.3 Å². The third-order valence-corrected chi connectivity index (χ3v) is 5.55. The molecule has 0 saturated carbocycles. The van der Waals surface area contributed by atoms with Crippen molar-refractivity contribution in [1.29, 1.82) is 0 Å². The number of piperazine rings is 1. The molecule has 1 aliphatic heterocycles. The van der Waals surface area contributed by atoms with E-state index in [0.29, 0.717) is 25.4 Å². The van der Waals surface area contributed by atoms with Gasteiger partial charge in [-0.25, -0.2) is 4.98 Å². The molecule has 1 fully saturated rings. The number of nitrogens with zero attached hydrogens (tertiary/aromatic N) is 4. The summed E-state index contributed by atoms with van der Waals surface area (Å²) in [5.41, 5.74) is 2.92. The number of rotatable bonds is 8. The van der Waals surface area contributed by atoms with Crippen LogP contribution in [0.1, 0.15) is 24.6 Å². The monoisotopic (exact) mass is 434 g/mol. The minimum absolute atomic E-state index is 0.0302. The number of fused-ring (bicyclic) bond motifs is 1. The normalized spacial score (nSPS) is 14.9. The van der Waals surface area contributed by atoms with Gasteiger partial charge in [0, 0.05) is 51.2 Å². The average molecular weight is 435 g/mol. The van der Waals surface area contributed by atoms with E-state index in [0.717, 1.165) is 48.7 Å². The fourth-order valence-corrected chi connectivity index (χ4v) is 3.81. The maximum Gasteiger partial charge on any atom is 0.246 e. The second-order valence-corrected chi connectivity index (χ2v) is 7.89. The lowest BCUT2D eigenvalue weighted by molar-refractivity contribution is -0.127. The van der Waals surface area contributed by atoms with Gasteiger partial charge in [-0.3, -0.25) is 9.69 Å². The fraction of sp³-hybridized carbons (Fsp3) is 0.360. The van der Waals surface area contributed by atoms with Crippen LogP contribution in [0, 0.1) is 0 Å². The molecule has 1 aromatic carbocycles. The summed E-state index contributed by atoms with van der Waals surface area (Å²) >= 11 is 0. The van der Waals surface area contributed by atoms with Crippen LogP contribution in [0.4, 0.5) is 0 Å². The van der Waals surface area contributed by atoms with Crippen LogP contribution in [-0.4, -0.2) is 65.0 Å². The number of imidazole rings is 1. The average Bonchev–Trinajstić information content (AvgIpc) is 3.24. The highest BCUT2D eigenvalue weighted by molar-refractivity contribution is 5.92. The van der Waals surface area contributed by atoms with Crippen molar-refractivity contribution >= 4 is 17.6 Å². The SMILES string of the molecule is CCCOc1ccc(/C=C/C(=O)N2CCN(Cc3cn4ccccc4n3)CC2)cc1OC. The molecule has 0 spiro atoms. The number of methoxy groups -OCH3 is 1. The van der Waals surface area contributed by atoms with Gasteiger partial charge in [0.2, 0.25) is 5.91 Å². The molecule has 0 unspecified atom stereocenters. The number of aromatic nitrogens is 2. The Morgan fingerprint density at radius 1 is 1.12 bits per heavy atom. The maximum absolute atomic E-state index is 12.7. The molecule has 7 heteroatoms. The van der Waals surface area contributed by atoms with Crippen molar-refractivity contribution in [2.75, 3.05) is 39.9 Å². The van der Waals surface area contributed by atoms with E-state index >= 15 is 0 Å². The molecule has 1 amide bonds. The van der Waals surface area contributed by atoms with Crippen molar-refractivity contribution in [3.05, 3.63) is 66.1 Å². The molecule has 0 radical (unpaired) electrons. The van der Waals surface area contributed by atoms with Gasteiger partial charge >= 0.3 is 0 Å². The Hall–Kier alpha value is -3.32. The number of pyridine rings is 1. The highest BCUT2D eigenvalue weighted by Gasteiger charge is 2.20. The van der Waals surface area contributed by atoms with E-state index in [9.17, 15) is 4.79 Å². The predicted octanol–water partition coefficient (Wildman–Crippen LogP) is 3.49. The van der Waals surface area contributed by atoms with Gasteiger partial charge in [-0.1, -0.05) is 19.1 Å². The van der Waals surface area contributed by atoms with Crippen LogP contribution in [0.5, 0.6) is 11.5 Å². The van der Waals surface area contributed by atoms with E-state index in [1.54, 1.807) is 13.2 Å². The van der Waals surface area contributed by atoms with Crippen molar-refractivity contribution < 1.29 is 14.3 Å². The summed E-state index contributed by atoms with van der Waals surface area (Å²) in [6, 6.07) is 11.7. The minimum Gasteiger partial charge on any atom is -0.493 e. The van der Waals surface area contributed by atoms with Crippen molar-refractivity contribution in [2.45, 2.75) is 19.9 Å². The number of carbonyl (C=O) groups is 1. The lowest BCUT2D eigenvalue weighted by Gasteiger charge is -2.33. The fourth-order valence-electron chi connectivity index (χ4n) is 3.81. The van der Waals surface area contributed by atoms with Crippen molar-refractivity contribution in [3.8, 4) is 11.5 Å². The number of carbonyl (C=O) groups excluding carboxylic acids is 1. The van der Waals surface area contributed by atoms with Crippen molar-refractivity contribution in [2.24, 2.45) is 0 Å². The van der Waals surface area contributed by atoms with Crippen LogP contribution in [-0.2, 0) is 11.3 Å². The Labute approximate surface area is 188 Å². The Morgan fingerprint density at radius 2 is 1.97 bits per heavy atom. The lowest BCUT2D eigenvalue weighted by atomic mass is 10.2. The second kappa shape index (κ2) is 10.3. The molecule has 0 bridgehead atoms. The van der Waals surface area contributed by atoms with Gasteiger partial charge in [0.1, 0.15) is 5.65 Å². The van der Waals surface area contributed by atoms with E-state index in [1.807, 2.05) is 58.0 Å². The Kier molecular flexibility index (Phi) is 7.07. The zero-order valence-corrected chi connectivity index (χ0v) is 18.7. The molecule has 0 aliphatic carbocycles. The van der Waals surface area contributed by atoms with Gasteiger partial charge in [-0.2, -0.15) is 0 Å². The van der Waals surface area contributed by atoms with Gasteiger partial charge in [-0.15, -0.1) is 0 Å². The topological polar surface area (TPSA) is 59.3 Å². The number of hydrogen-bond donors (Lipinski definition) is 0. The van der Waals surface area contributed by atoms with E-state index in [-0.39, 0.29) is 5.91 Å². The van der Waals surface area contributed by atoms with Crippen LogP contribution < -0.4 is 9.47 Å². The Bertz CT molecular complexity index is 1050. The summed E-state index contributed by atoms with van der Waals surface area (Å²) in [5, 5.41) is 0. The molecule has 1 aliphatic rings. The third-order valence-electron chi connectivity index (χ3n) is 5.55. The first-order valence-corrected chi connectivity index (χ1v) is 11.1. The molecule has 4 rings (SSSR count). The van der Waals surface area contributed by atoms with Crippen LogP contribution in [0.15, 0.2) is 54.9 Å². The maximum atomic E-state index is 12.7. The van der Waals surface area contributed by atoms with E-state index in [2.05, 4.69) is 23.0 Å². The smallest absolute Gasteiger partial charge is 0.246 e. The summed E-state index contributed by atoms with van der Waals surface area (Å²) in [7, 11) is 1.62. The number of ether oxygens (including phenoxy) is 2. The van der Waals surface area contributed by atoms with E-state index in [4.69, 9.17) is 9.47 Å². The minimum atomic E-state index is 0.0302. The molecule has 3 heterocycles. The molecule has 7 nitrogen and oxygen atoms in total. The molecule has 32 heavy (non-hydrogen) atoms. The highest BCUT2D eigenvalue weighted by atomic mass is 16.5. The molecule has 168 valence electrons. The second-order valence-electron chi connectivity index (χ2n) is 7.89. The summed E-state index contributed by atoms with van der Waals surface area (Å²) < 4.78 is 13.1. The molecular weight excluding hydrogens is 404 g/mol. The number of benzene rings is 1. The van der Waals surface area contributed by atoms with Gasteiger partial charge in [0.15, 0.2) is 11.5 Å². The largest absolute Gasteiger partial charge is 0.493 e. The first-order chi connectivity index (χ1) is 15.7. The molecule has 3 aromatic rings. The molecule has 1 saturated heterocycles. The summed E-state index contributed by atoms with van der Waals surface area (Å²) in [4.78, 5) is 21.6. The summed E-state index contributed by atoms with van der Waals surface area (Å²) in [5.74, 6) is 1.43. The van der Waals surface area contributed by atoms with Crippen molar-refractivity contribution in [3.63, 3.8) is 0 Å². The third kappa shape index (κ3) is 5.29.